The summed E-state index contributed by atoms with van der Waals surface area (Å²) in [5.74, 6) is 0. The number of aromatic nitrogens is 1. The van der Waals surface area contributed by atoms with Gasteiger partial charge in [-0.15, -0.1) is 0 Å². The van der Waals surface area contributed by atoms with E-state index >= 15 is 0 Å². The fraction of sp³-hybridized carbons (Fsp3) is 0.250. The molecule has 1 aliphatic rings. The van der Waals surface area contributed by atoms with Crippen molar-refractivity contribution >= 4 is 32.8 Å². The first kappa shape index (κ1) is 12.9. The lowest BCUT2D eigenvalue weighted by atomic mass is 9.90. The van der Waals surface area contributed by atoms with Crippen molar-refractivity contribution in [2.75, 3.05) is 0 Å². The second-order valence-electron chi connectivity index (χ2n) is 6.59. The van der Waals surface area contributed by atoms with Crippen LogP contribution in [0.5, 0.6) is 0 Å². The van der Waals surface area contributed by atoms with Crippen molar-refractivity contribution in [1.29, 1.82) is 0 Å². The molecule has 0 unspecified atom stereocenters. The average molecular weight is 303 g/mol. The molecule has 0 spiro atoms. The monoisotopic (exact) mass is 303 g/mol. The van der Waals surface area contributed by atoms with Crippen molar-refractivity contribution in [3.8, 4) is 0 Å². The lowest BCUT2D eigenvalue weighted by Gasteiger charge is -2.16. The molecule has 2 heterocycles. The molecule has 0 fully saturated rings. The minimum atomic E-state index is -0.158. The molecule has 0 aliphatic heterocycles. The first-order valence-electron chi connectivity index (χ1n) is 8.22. The zero-order valence-electron chi connectivity index (χ0n) is 13.0. The molecule has 1 aliphatic carbocycles. The van der Waals surface area contributed by atoms with E-state index in [4.69, 9.17) is 4.42 Å². The third-order valence-corrected chi connectivity index (χ3v) is 5.12. The van der Waals surface area contributed by atoms with Crippen LogP contribution in [0, 0.1) is 6.92 Å². The van der Waals surface area contributed by atoms with Gasteiger partial charge in [0, 0.05) is 27.2 Å². The van der Waals surface area contributed by atoms with Crippen LogP contribution in [0.1, 0.15) is 29.5 Å². The molecule has 0 amide bonds. The van der Waals surface area contributed by atoms with Gasteiger partial charge in [-0.3, -0.25) is 0 Å². The Morgan fingerprint density at radius 3 is 2.57 bits per heavy atom. The maximum Gasteiger partial charge on any atom is 0.339 e. The summed E-state index contributed by atoms with van der Waals surface area (Å²) >= 11 is 0. The van der Waals surface area contributed by atoms with E-state index in [2.05, 4.69) is 42.2 Å². The van der Waals surface area contributed by atoms with Crippen LogP contribution in [0.25, 0.3) is 32.8 Å². The van der Waals surface area contributed by atoms with Crippen LogP contribution >= 0.6 is 0 Å². The SMILES string of the molecule is Cc1ccc2c(c1)[nH]c1c2ccc2c3c(c(=O)oc21)CCCC3. The summed E-state index contributed by atoms with van der Waals surface area (Å²) in [5.41, 5.74) is 5.87. The van der Waals surface area contributed by atoms with E-state index < -0.39 is 0 Å². The van der Waals surface area contributed by atoms with Gasteiger partial charge in [-0.1, -0.05) is 24.3 Å². The van der Waals surface area contributed by atoms with Gasteiger partial charge in [-0.2, -0.15) is 0 Å². The summed E-state index contributed by atoms with van der Waals surface area (Å²) in [7, 11) is 0. The van der Waals surface area contributed by atoms with E-state index in [1.165, 1.54) is 16.5 Å². The molecular formula is C20H17NO2. The number of nitrogens with one attached hydrogen (secondary N) is 1. The molecule has 0 bridgehead atoms. The topological polar surface area (TPSA) is 46.0 Å². The van der Waals surface area contributed by atoms with E-state index in [1.807, 2.05) is 0 Å². The maximum absolute atomic E-state index is 12.4. The molecule has 5 rings (SSSR count). The van der Waals surface area contributed by atoms with Gasteiger partial charge in [-0.25, -0.2) is 4.79 Å². The highest BCUT2D eigenvalue weighted by molar-refractivity contribution is 6.15. The van der Waals surface area contributed by atoms with E-state index in [-0.39, 0.29) is 5.63 Å². The molecular weight excluding hydrogens is 286 g/mol. The molecule has 3 heteroatoms. The second-order valence-corrected chi connectivity index (χ2v) is 6.59. The lowest BCUT2D eigenvalue weighted by molar-refractivity contribution is 0.536. The van der Waals surface area contributed by atoms with Gasteiger partial charge in [-0.05, 0) is 49.8 Å². The number of H-pyrrole nitrogens is 1. The van der Waals surface area contributed by atoms with Crippen molar-refractivity contribution in [1.82, 2.24) is 4.98 Å². The highest BCUT2D eigenvalue weighted by Gasteiger charge is 2.20. The first-order chi connectivity index (χ1) is 11.2. The van der Waals surface area contributed by atoms with Crippen LogP contribution in [0.4, 0.5) is 0 Å². The zero-order valence-corrected chi connectivity index (χ0v) is 13.0. The Bertz CT molecular complexity index is 1150. The first-order valence-corrected chi connectivity index (χ1v) is 8.22. The number of aromatic amines is 1. The lowest BCUT2D eigenvalue weighted by Crippen LogP contribution is -2.15. The van der Waals surface area contributed by atoms with Crippen LogP contribution in [0.15, 0.2) is 39.5 Å². The Morgan fingerprint density at radius 2 is 1.70 bits per heavy atom. The summed E-state index contributed by atoms with van der Waals surface area (Å²) in [4.78, 5) is 15.9. The Hall–Kier alpha value is -2.55. The van der Waals surface area contributed by atoms with Crippen LogP contribution in [0.2, 0.25) is 0 Å². The maximum atomic E-state index is 12.4. The largest absolute Gasteiger partial charge is 0.420 e. The predicted molar refractivity (Wildman–Crippen MR) is 93.2 cm³/mol. The van der Waals surface area contributed by atoms with Gasteiger partial charge in [0.1, 0.15) is 0 Å². The standard InChI is InChI=1S/C20H17NO2/c1-11-6-7-13-14-8-9-15-12-4-2-3-5-16(12)20(22)23-19(15)18(14)21-17(13)10-11/h6-10,21H,2-5H2,1H3. The van der Waals surface area contributed by atoms with Crippen molar-refractivity contribution in [2.45, 2.75) is 32.6 Å². The molecule has 0 saturated heterocycles. The van der Waals surface area contributed by atoms with Crippen molar-refractivity contribution in [3.05, 3.63) is 57.4 Å². The third kappa shape index (κ3) is 1.73. The summed E-state index contributed by atoms with van der Waals surface area (Å²) in [6, 6.07) is 10.7. The van der Waals surface area contributed by atoms with Gasteiger partial charge in [0.05, 0.1) is 5.52 Å². The van der Waals surface area contributed by atoms with Crippen LogP contribution < -0.4 is 5.63 Å². The summed E-state index contributed by atoms with van der Waals surface area (Å²) in [5, 5.41) is 3.38. The average Bonchev–Trinajstić information content (AvgIpc) is 2.93. The van der Waals surface area contributed by atoms with Gasteiger partial charge in [0.15, 0.2) is 5.58 Å². The second kappa shape index (κ2) is 4.48. The highest BCUT2D eigenvalue weighted by atomic mass is 16.4. The number of rotatable bonds is 0. The number of hydrogen-bond acceptors (Lipinski definition) is 2. The van der Waals surface area contributed by atoms with Crippen LogP contribution in [0.3, 0.4) is 0 Å². The molecule has 2 aromatic heterocycles. The normalized spacial score (nSPS) is 14.7. The van der Waals surface area contributed by atoms with E-state index in [9.17, 15) is 4.79 Å². The van der Waals surface area contributed by atoms with Gasteiger partial charge in [0.25, 0.3) is 0 Å². The minimum absolute atomic E-state index is 0.158. The van der Waals surface area contributed by atoms with Gasteiger partial charge in [0.2, 0.25) is 0 Å². The number of fused-ring (bicyclic) bond motifs is 7. The Balaban J connectivity index is 1.98. The van der Waals surface area contributed by atoms with Gasteiger partial charge >= 0.3 is 5.63 Å². The van der Waals surface area contributed by atoms with Crippen LogP contribution in [-0.2, 0) is 12.8 Å². The molecule has 3 nitrogen and oxygen atoms in total. The van der Waals surface area contributed by atoms with E-state index in [1.54, 1.807) is 0 Å². The molecule has 2 aromatic carbocycles. The Labute approximate surface area is 132 Å². The quantitative estimate of drug-likeness (QED) is 0.482. The van der Waals surface area contributed by atoms with E-state index in [0.717, 1.165) is 53.1 Å². The number of benzene rings is 2. The van der Waals surface area contributed by atoms with E-state index in [0.29, 0.717) is 5.58 Å². The highest BCUT2D eigenvalue weighted by Crippen LogP contribution is 2.34. The smallest absolute Gasteiger partial charge is 0.339 e. The van der Waals surface area contributed by atoms with Crippen molar-refractivity contribution in [2.24, 2.45) is 0 Å². The minimum Gasteiger partial charge on any atom is -0.420 e. The zero-order chi connectivity index (χ0) is 15.6. The molecule has 1 N–H and O–H groups in total. The van der Waals surface area contributed by atoms with Gasteiger partial charge < -0.3 is 9.40 Å². The molecule has 0 radical (unpaired) electrons. The molecule has 0 saturated carbocycles. The third-order valence-electron chi connectivity index (χ3n) is 5.12. The van der Waals surface area contributed by atoms with Crippen molar-refractivity contribution < 1.29 is 4.42 Å². The van der Waals surface area contributed by atoms with Crippen LogP contribution in [-0.4, -0.2) is 4.98 Å². The summed E-state index contributed by atoms with van der Waals surface area (Å²) in [6.07, 6.45) is 4.05. The predicted octanol–water partition coefficient (Wildman–Crippen LogP) is 4.61. The molecule has 4 aromatic rings. The molecule has 23 heavy (non-hydrogen) atoms. The molecule has 114 valence electrons. The summed E-state index contributed by atoms with van der Waals surface area (Å²) in [6.45, 7) is 2.08. The fourth-order valence-corrected chi connectivity index (χ4v) is 3.99. The number of aryl methyl sites for hydroxylation is 2. The fourth-order valence-electron chi connectivity index (χ4n) is 3.99. The summed E-state index contributed by atoms with van der Waals surface area (Å²) < 4.78 is 5.75. The Kier molecular flexibility index (Phi) is 2.52. The van der Waals surface area contributed by atoms with Crippen molar-refractivity contribution in [3.63, 3.8) is 0 Å². The Morgan fingerprint density at radius 1 is 0.957 bits per heavy atom. The molecule has 0 atom stereocenters. The number of hydrogen-bond donors (Lipinski definition) is 1.